The number of nitrogens with zero attached hydrogens (tertiary/aromatic N) is 2. The van der Waals surface area contributed by atoms with E-state index in [0.717, 1.165) is 36.5 Å². The average Bonchev–Trinajstić information content (AvgIpc) is 3.82. The largest absolute Gasteiger partial charge is 0.370 e. The zero-order valence-electron chi connectivity index (χ0n) is 23.4. The number of guanidine groups is 1. The smallest absolute Gasteiger partial charge is 0.241 e. The second-order valence-corrected chi connectivity index (χ2v) is 12.8. The third-order valence-electron chi connectivity index (χ3n) is 7.53. The number of fused-ring (bicyclic) bond motifs is 1. The molecule has 1 aliphatic carbocycles. The van der Waals surface area contributed by atoms with E-state index >= 15 is 0 Å². The lowest BCUT2D eigenvalue weighted by molar-refractivity contribution is -0.136. The number of rotatable bonds is 13. The number of halogens is 1. The van der Waals surface area contributed by atoms with Gasteiger partial charge < -0.3 is 26.2 Å². The molecule has 1 saturated heterocycles. The van der Waals surface area contributed by atoms with Gasteiger partial charge in [-0.05, 0) is 54.5 Å². The Morgan fingerprint density at radius 3 is 2.50 bits per heavy atom. The third-order valence-corrected chi connectivity index (χ3v) is 9.24. The van der Waals surface area contributed by atoms with Crippen molar-refractivity contribution in [2.24, 2.45) is 11.7 Å². The van der Waals surface area contributed by atoms with E-state index in [-0.39, 0.29) is 47.7 Å². The molecular weight excluding hydrogens is 582 g/mol. The first-order valence-electron chi connectivity index (χ1n) is 14.1. The number of likely N-dealkylation sites (tertiary alicyclic amines) is 1. The second kappa shape index (κ2) is 14.2. The van der Waals surface area contributed by atoms with E-state index in [9.17, 15) is 22.8 Å². The summed E-state index contributed by atoms with van der Waals surface area (Å²) in [5.74, 6) is -1.53. The Morgan fingerprint density at radius 1 is 1.07 bits per heavy atom. The number of nitrogens with two attached hydrogens (primary N) is 1. The highest BCUT2D eigenvalue weighted by Crippen LogP contribution is 2.28. The monoisotopic (exact) mass is 619 g/mol. The SMILES string of the molecule is N=C(N)N1CCCC(CNC(=O)C[C@H](NS(=O)(=O)c2ccc3ccccc3c2)C(=O)N(CCNC(=O)CCl)C2CC2)C1. The summed E-state index contributed by atoms with van der Waals surface area (Å²) in [5.41, 5.74) is 5.62. The maximum atomic E-state index is 13.8. The van der Waals surface area contributed by atoms with Crippen LogP contribution in [0.1, 0.15) is 32.1 Å². The Bertz CT molecular complexity index is 1420. The van der Waals surface area contributed by atoms with Crippen molar-refractivity contribution in [3.63, 3.8) is 0 Å². The van der Waals surface area contributed by atoms with E-state index in [1.807, 2.05) is 12.1 Å². The molecule has 12 nitrogen and oxygen atoms in total. The van der Waals surface area contributed by atoms with E-state index < -0.39 is 34.3 Å². The van der Waals surface area contributed by atoms with Gasteiger partial charge in [0.25, 0.3) is 0 Å². The molecule has 4 rings (SSSR count). The molecule has 2 atom stereocenters. The van der Waals surface area contributed by atoms with Crippen molar-refractivity contribution >= 4 is 56.1 Å². The summed E-state index contributed by atoms with van der Waals surface area (Å²) in [6.45, 7) is 1.85. The van der Waals surface area contributed by atoms with Crippen LogP contribution in [0.15, 0.2) is 47.4 Å². The lowest BCUT2D eigenvalue weighted by atomic mass is 9.98. The van der Waals surface area contributed by atoms with Crippen LogP contribution in [0.5, 0.6) is 0 Å². The predicted molar refractivity (Wildman–Crippen MR) is 160 cm³/mol. The number of amides is 3. The van der Waals surface area contributed by atoms with Crippen molar-refractivity contribution < 1.29 is 22.8 Å². The summed E-state index contributed by atoms with van der Waals surface area (Å²) >= 11 is 5.56. The summed E-state index contributed by atoms with van der Waals surface area (Å²) in [4.78, 5) is 41.8. The number of nitrogens with one attached hydrogen (secondary N) is 4. The number of hydrogen-bond acceptors (Lipinski definition) is 6. The molecule has 1 unspecified atom stereocenters. The van der Waals surface area contributed by atoms with Gasteiger partial charge in [-0.15, -0.1) is 11.6 Å². The molecule has 0 spiro atoms. The van der Waals surface area contributed by atoms with Crippen molar-refractivity contribution in [3.05, 3.63) is 42.5 Å². The van der Waals surface area contributed by atoms with Crippen LogP contribution in [0, 0.1) is 11.3 Å². The highest BCUT2D eigenvalue weighted by molar-refractivity contribution is 7.89. The Balaban J connectivity index is 1.49. The zero-order chi connectivity index (χ0) is 30.3. The number of piperidine rings is 1. The molecule has 42 heavy (non-hydrogen) atoms. The summed E-state index contributed by atoms with van der Waals surface area (Å²) in [6, 6.07) is 10.6. The first-order valence-corrected chi connectivity index (χ1v) is 16.1. The molecule has 0 aromatic heterocycles. The lowest BCUT2D eigenvalue weighted by Gasteiger charge is -2.33. The van der Waals surface area contributed by atoms with Crippen LogP contribution in [0.3, 0.4) is 0 Å². The highest BCUT2D eigenvalue weighted by Gasteiger charge is 2.38. The molecule has 6 N–H and O–H groups in total. The van der Waals surface area contributed by atoms with Gasteiger partial charge in [0.05, 0.1) is 11.3 Å². The first-order chi connectivity index (χ1) is 20.1. The molecule has 228 valence electrons. The van der Waals surface area contributed by atoms with Crippen LogP contribution in [0.4, 0.5) is 0 Å². The van der Waals surface area contributed by atoms with E-state index in [1.54, 1.807) is 23.1 Å². The van der Waals surface area contributed by atoms with Gasteiger partial charge in [-0.3, -0.25) is 19.8 Å². The molecule has 2 aromatic carbocycles. The Morgan fingerprint density at radius 2 is 1.81 bits per heavy atom. The van der Waals surface area contributed by atoms with Gasteiger partial charge in [-0.25, -0.2) is 8.42 Å². The normalized spacial score (nSPS) is 17.8. The number of sulfonamides is 1. The van der Waals surface area contributed by atoms with Gasteiger partial charge in [0, 0.05) is 38.8 Å². The molecule has 1 heterocycles. The fourth-order valence-corrected chi connectivity index (χ4v) is 6.48. The molecule has 1 aliphatic heterocycles. The highest BCUT2D eigenvalue weighted by atomic mass is 35.5. The maximum Gasteiger partial charge on any atom is 0.241 e. The van der Waals surface area contributed by atoms with Gasteiger partial charge in [0.15, 0.2) is 5.96 Å². The summed E-state index contributed by atoms with van der Waals surface area (Å²) in [7, 11) is -4.18. The van der Waals surface area contributed by atoms with Crippen LogP contribution in [-0.4, -0.2) is 92.6 Å². The summed E-state index contributed by atoms with van der Waals surface area (Å²) in [5, 5.41) is 14.7. The minimum atomic E-state index is -4.18. The van der Waals surface area contributed by atoms with Crippen LogP contribution in [0.25, 0.3) is 10.8 Å². The predicted octanol–water partition coefficient (Wildman–Crippen LogP) is 0.944. The molecule has 2 aliphatic rings. The van der Waals surface area contributed by atoms with Crippen LogP contribution >= 0.6 is 11.6 Å². The fraction of sp³-hybridized carbons (Fsp3) is 0.500. The number of carbonyl (C=O) groups excluding carboxylic acids is 3. The zero-order valence-corrected chi connectivity index (χ0v) is 24.9. The molecule has 14 heteroatoms. The average molecular weight is 620 g/mol. The van der Waals surface area contributed by atoms with E-state index in [0.29, 0.717) is 19.6 Å². The van der Waals surface area contributed by atoms with Gasteiger partial charge in [0.1, 0.15) is 11.9 Å². The number of benzene rings is 2. The Kier molecular flexibility index (Phi) is 10.6. The standard InChI is InChI=1S/C28H38ClN7O5S/c29-16-26(38)32-11-13-36(22-8-9-22)27(39)24(15-25(37)33-17-19-4-3-12-35(18-19)28(30)31)34-42(40,41)23-10-7-20-5-1-2-6-21(20)14-23/h1-2,5-7,10,14,19,22,24,34H,3-4,8-9,11-13,15-18H2,(H3,30,31)(H,32,38)(H,33,37)/t19?,24-/m0/s1. The van der Waals surface area contributed by atoms with Crippen molar-refractivity contribution in [1.29, 1.82) is 5.41 Å². The molecule has 0 radical (unpaired) electrons. The van der Waals surface area contributed by atoms with Gasteiger partial charge >= 0.3 is 0 Å². The van der Waals surface area contributed by atoms with Crippen molar-refractivity contribution in [1.82, 2.24) is 25.2 Å². The third kappa shape index (κ3) is 8.55. The fourth-order valence-electron chi connectivity index (χ4n) is 5.16. The first kappa shape index (κ1) is 31.5. The maximum absolute atomic E-state index is 13.8. The molecule has 0 bridgehead atoms. The number of hydrogen-bond donors (Lipinski definition) is 5. The molecular formula is C28H38ClN7O5S. The van der Waals surface area contributed by atoms with Gasteiger partial charge in [-0.1, -0.05) is 30.3 Å². The van der Waals surface area contributed by atoms with Crippen molar-refractivity contribution in [2.45, 2.75) is 49.1 Å². The topological polar surface area (TPSA) is 178 Å². The van der Waals surface area contributed by atoms with Crippen molar-refractivity contribution in [2.75, 3.05) is 38.6 Å². The summed E-state index contributed by atoms with van der Waals surface area (Å²) in [6.07, 6.45) is 2.79. The lowest BCUT2D eigenvalue weighted by Crippen LogP contribution is -2.53. The molecule has 1 saturated carbocycles. The van der Waals surface area contributed by atoms with Crippen LogP contribution < -0.4 is 21.1 Å². The molecule has 2 aromatic rings. The second-order valence-electron chi connectivity index (χ2n) is 10.8. The van der Waals surface area contributed by atoms with E-state index in [4.69, 9.17) is 22.7 Å². The van der Waals surface area contributed by atoms with E-state index in [1.165, 1.54) is 17.0 Å². The number of alkyl halides is 1. The molecule has 2 fully saturated rings. The summed E-state index contributed by atoms with van der Waals surface area (Å²) < 4.78 is 29.5. The quantitative estimate of drug-likeness (QED) is 0.126. The minimum absolute atomic E-state index is 0.0119. The number of carbonyl (C=O) groups is 3. The van der Waals surface area contributed by atoms with Crippen molar-refractivity contribution in [3.8, 4) is 0 Å². The van der Waals surface area contributed by atoms with Gasteiger partial charge in [0.2, 0.25) is 27.7 Å². The van der Waals surface area contributed by atoms with Gasteiger partial charge in [-0.2, -0.15) is 4.72 Å². The van der Waals surface area contributed by atoms with Crippen LogP contribution in [0.2, 0.25) is 0 Å². The van der Waals surface area contributed by atoms with Crippen LogP contribution in [-0.2, 0) is 24.4 Å². The Labute approximate surface area is 250 Å². The molecule has 3 amide bonds. The van der Waals surface area contributed by atoms with E-state index in [2.05, 4.69) is 15.4 Å². The minimum Gasteiger partial charge on any atom is -0.370 e. The Hall–Kier alpha value is -3.42.